The first-order valence-electron chi connectivity index (χ1n) is 10.5. The number of anilines is 2. The van der Waals surface area contributed by atoms with Crippen LogP contribution in [0.3, 0.4) is 0 Å². The molecule has 2 aromatic carbocycles. The molecular weight excluding hydrogens is 438 g/mol. The maximum absolute atomic E-state index is 12.5. The average Bonchev–Trinajstić information content (AvgIpc) is 3.33. The smallest absolute Gasteiger partial charge is 0.407 e. The summed E-state index contributed by atoms with van der Waals surface area (Å²) in [6.07, 6.45) is 1.90. The maximum Gasteiger partial charge on any atom is 0.407 e. The van der Waals surface area contributed by atoms with E-state index in [1.165, 1.54) is 13.5 Å². The molecule has 34 heavy (non-hydrogen) atoms. The van der Waals surface area contributed by atoms with Gasteiger partial charge in [-0.05, 0) is 43.7 Å². The number of nitrogens with one attached hydrogen (secondary N) is 3. The second-order valence-corrected chi connectivity index (χ2v) is 7.43. The lowest BCUT2D eigenvalue weighted by atomic mass is 10.1. The van der Waals surface area contributed by atoms with Crippen molar-refractivity contribution in [2.75, 3.05) is 17.7 Å². The van der Waals surface area contributed by atoms with Crippen molar-refractivity contribution in [2.45, 2.75) is 32.4 Å². The van der Waals surface area contributed by atoms with Crippen LogP contribution in [0.1, 0.15) is 31.9 Å². The Labute approximate surface area is 196 Å². The van der Waals surface area contributed by atoms with Crippen LogP contribution in [-0.4, -0.2) is 30.3 Å². The Bertz CT molecular complexity index is 1170. The van der Waals surface area contributed by atoms with E-state index in [0.29, 0.717) is 28.4 Å². The molecule has 0 aliphatic heterocycles. The number of amides is 3. The molecule has 0 aliphatic carbocycles. The van der Waals surface area contributed by atoms with Crippen LogP contribution in [0.25, 0.3) is 11.3 Å². The van der Waals surface area contributed by atoms with E-state index in [-0.39, 0.29) is 12.5 Å². The van der Waals surface area contributed by atoms with Crippen LogP contribution < -0.4 is 20.7 Å². The van der Waals surface area contributed by atoms with Crippen molar-refractivity contribution in [1.82, 2.24) is 10.3 Å². The highest BCUT2D eigenvalue weighted by atomic mass is 16.6. The number of hydrogen-bond acceptors (Lipinski definition) is 7. The number of oxazole rings is 1. The van der Waals surface area contributed by atoms with E-state index >= 15 is 0 Å². The van der Waals surface area contributed by atoms with Crippen molar-refractivity contribution in [3.63, 3.8) is 0 Å². The molecule has 0 aliphatic rings. The minimum atomic E-state index is -0.617. The Hall–Kier alpha value is -4.52. The molecular formula is C24H25N5O5. The van der Waals surface area contributed by atoms with Gasteiger partial charge < -0.3 is 29.8 Å². The first-order valence-corrected chi connectivity index (χ1v) is 10.5. The zero-order chi connectivity index (χ0) is 24.5. The van der Waals surface area contributed by atoms with Gasteiger partial charge in [0.15, 0.2) is 12.2 Å². The first kappa shape index (κ1) is 24.1. The molecule has 3 rings (SSSR count). The quantitative estimate of drug-likeness (QED) is 0.423. The topological polar surface area (TPSA) is 139 Å². The van der Waals surface area contributed by atoms with Crippen LogP contribution in [0.4, 0.5) is 21.0 Å². The number of aromatic nitrogens is 1. The summed E-state index contributed by atoms with van der Waals surface area (Å²) in [5.74, 6) is 1.07. The van der Waals surface area contributed by atoms with Crippen molar-refractivity contribution >= 4 is 23.5 Å². The van der Waals surface area contributed by atoms with Gasteiger partial charge in [0.2, 0.25) is 0 Å². The second-order valence-electron chi connectivity index (χ2n) is 7.43. The third-order valence-electron chi connectivity index (χ3n) is 4.82. The highest BCUT2D eigenvalue weighted by Gasteiger charge is 2.15. The number of ether oxygens (including phenoxy) is 2. The van der Waals surface area contributed by atoms with E-state index in [4.69, 9.17) is 19.2 Å². The fraction of sp³-hybridized carbons (Fsp3) is 0.250. The highest BCUT2D eigenvalue weighted by Crippen LogP contribution is 2.32. The Kier molecular flexibility index (Phi) is 8.07. The molecule has 0 bridgehead atoms. The molecule has 3 N–H and O–H groups in total. The number of benzene rings is 2. The minimum absolute atomic E-state index is 0.116. The molecule has 10 heteroatoms. The van der Waals surface area contributed by atoms with Crippen LogP contribution in [0.2, 0.25) is 0 Å². The van der Waals surface area contributed by atoms with E-state index in [1.807, 2.05) is 12.1 Å². The van der Waals surface area contributed by atoms with Gasteiger partial charge >= 0.3 is 12.1 Å². The largest absolute Gasteiger partial charge is 0.496 e. The van der Waals surface area contributed by atoms with Gasteiger partial charge in [0.05, 0.1) is 37.4 Å². The standard InChI is InChI=1S/C24H25N5O5/c1-15(9-10-25)34-24(31)27-16(2)17-5-4-6-18(11-17)28-23(30)29-19-7-8-20(21(12-19)32-3)22-13-26-14-33-22/h4-8,11-16H,9H2,1-3H3,(H,27,31)(H2,28,29,30)/t15-,16-/m1/s1. The molecule has 3 amide bonds. The summed E-state index contributed by atoms with van der Waals surface area (Å²) in [5.41, 5.74) is 2.54. The van der Waals surface area contributed by atoms with Crippen molar-refractivity contribution in [2.24, 2.45) is 0 Å². The van der Waals surface area contributed by atoms with Gasteiger partial charge in [-0.3, -0.25) is 0 Å². The van der Waals surface area contributed by atoms with E-state index in [0.717, 1.165) is 5.56 Å². The summed E-state index contributed by atoms with van der Waals surface area (Å²) in [4.78, 5) is 28.4. The van der Waals surface area contributed by atoms with Crippen LogP contribution in [0.15, 0.2) is 59.5 Å². The lowest BCUT2D eigenvalue weighted by Crippen LogP contribution is -2.30. The van der Waals surface area contributed by atoms with E-state index in [9.17, 15) is 9.59 Å². The number of carbonyl (C=O) groups is 2. The predicted molar refractivity (Wildman–Crippen MR) is 125 cm³/mol. The SMILES string of the molecule is COc1cc(NC(=O)Nc2cccc([C@@H](C)NC(=O)O[C@H](C)CC#N)c2)ccc1-c1cnco1. The van der Waals surface area contributed by atoms with Crippen LogP contribution in [-0.2, 0) is 4.74 Å². The third kappa shape index (κ3) is 6.49. The molecule has 0 fully saturated rings. The molecule has 1 heterocycles. The van der Waals surface area contributed by atoms with E-state index in [1.54, 1.807) is 56.4 Å². The molecule has 0 radical (unpaired) electrons. The van der Waals surface area contributed by atoms with Gasteiger partial charge in [0.25, 0.3) is 0 Å². The predicted octanol–water partition coefficient (Wildman–Crippen LogP) is 5.08. The molecule has 0 unspecified atom stereocenters. The summed E-state index contributed by atoms with van der Waals surface area (Å²) < 4.78 is 15.8. The third-order valence-corrected chi connectivity index (χ3v) is 4.82. The summed E-state index contributed by atoms with van der Waals surface area (Å²) >= 11 is 0. The fourth-order valence-electron chi connectivity index (χ4n) is 3.15. The van der Waals surface area contributed by atoms with Crippen molar-refractivity contribution < 1.29 is 23.5 Å². The molecule has 3 aromatic rings. The van der Waals surface area contributed by atoms with Crippen LogP contribution in [0.5, 0.6) is 5.75 Å². The molecule has 0 spiro atoms. The summed E-state index contributed by atoms with van der Waals surface area (Å²) in [6.45, 7) is 3.44. The second kappa shape index (κ2) is 11.4. The zero-order valence-corrected chi connectivity index (χ0v) is 19.0. The molecule has 1 aromatic heterocycles. The van der Waals surface area contributed by atoms with Crippen LogP contribution in [0, 0.1) is 11.3 Å². The van der Waals surface area contributed by atoms with Crippen molar-refractivity contribution in [3.8, 4) is 23.1 Å². The molecule has 176 valence electrons. The number of urea groups is 1. The lowest BCUT2D eigenvalue weighted by Gasteiger charge is -2.17. The molecule has 2 atom stereocenters. The van der Waals surface area contributed by atoms with Gasteiger partial charge in [-0.25, -0.2) is 14.6 Å². The zero-order valence-electron chi connectivity index (χ0n) is 19.0. The Morgan fingerprint density at radius 1 is 1.15 bits per heavy atom. The number of hydrogen-bond donors (Lipinski definition) is 3. The number of rotatable bonds is 8. The normalized spacial score (nSPS) is 12.1. The number of carbonyl (C=O) groups excluding carboxylic acids is 2. The number of methoxy groups -OCH3 is 1. The fourth-order valence-corrected chi connectivity index (χ4v) is 3.15. The lowest BCUT2D eigenvalue weighted by molar-refractivity contribution is 0.106. The highest BCUT2D eigenvalue weighted by molar-refractivity contribution is 6.00. The number of nitrogens with zero attached hydrogens (tertiary/aromatic N) is 2. The Balaban J connectivity index is 1.61. The van der Waals surface area contributed by atoms with Crippen molar-refractivity contribution in [3.05, 3.63) is 60.6 Å². The average molecular weight is 463 g/mol. The van der Waals surface area contributed by atoms with Crippen LogP contribution >= 0.6 is 0 Å². The molecule has 0 saturated carbocycles. The van der Waals surface area contributed by atoms with Gasteiger partial charge in [0, 0.05) is 17.4 Å². The Morgan fingerprint density at radius 2 is 1.91 bits per heavy atom. The summed E-state index contributed by atoms with van der Waals surface area (Å²) in [6, 6.07) is 13.4. The van der Waals surface area contributed by atoms with Gasteiger partial charge in [0.1, 0.15) is 11.9 Å². The molecule has 10 nitrogen and oxygen atoms in total. The summed E-state index contributed by atoms with van der Waals surface area (Å²) in [7, 11) is 1.53. The van der Waals surface area contributed by atoms with E-state index < -0.39 is 18.2 Å². The maximum atomic E-state index is 12.5. The minimum Gasteiger partial charge on any atom is -0.496 e. The van der Waals surface area contributed by atoms with E-state index in [2.05, 4.69) is 20.9 Å². The van der Waals surface area contributed by atoms with Crippen molar-refractivity contribution in [1.29, 1.82) is 5.26 Å². The number of nitriles is 1. The monoisotopic (exact) mass is 463 g/mol. The van der Waals surface area contributed by atoms with Gasteiger partial charge in [-0.15, -0.1) is 0 Å². The molecule has 0 saturated heterocycles. The van der Waals surface area contributed by atoms with Gasteiger partial charge in [-0.1, -0.05) is 12.1 Å². The first-order chi connectivity index (χ1) is 16.4. The van der Waals surface area contributed by atoms with Gasteiger partial charge in [-0.2, -0.15) is 5.26 Å². The summed E-state index contributed by atoms with van der Waals surface area (Å²) in [5, 5.41) is 16.9. The number of alkyl carbamates (subject to hydrolysis) is 1. The Morgan fingerprint density at radius 3 is 2.59 bits per heavy atom.